The van der Waals surface area contributed by atoms with Gasteiger partial charge >= 0.3 is 12.1 Å². The summed E-state index contributed by atoms with van der Waals surface area (Å²) in [6.45, 7) is 8.79. The maximum atomic E-state index is 13.7. The van der Waals surface area contributed by atoms with Crippen LogP contribution < -0.4 is 4.72 Å². The number of unbranched alkanes of at least 4 members (excludes halogenated alkanes) is 7. The number of carbonyl (C=O) groups is 1. The predicted octanol–water partition coefficient (Wildman–Crippen LogP) is 6.07. The fraction of sp³-hybridized carbons (Fsp3) is 0.952. The van der Waals surface area contributed by atoms with Crippen LogP contribution in [0.3, 0.4) is 0 Å². The Labute approximate surface area is 177 Å². The van der Waals surface area contributed by atoms with Gasteiger partial charge in [0.2, 0.25) is 0 Å². The van der Waals surface area contributed by atoms with Gasteiger partial charge in [-0.25, -0.2) is 8.93 Å². The first-order valence-corrected chi connectivity index (χ1v) is 12.0. The van der Waals surface area contributed by atoms with Crippen molar-refractivity contribution < 1.29 is 26.9 Å². The van der Waals surface area contributed by atoms with Gasteiger partial charge in [0.15, 0.2) is 0 Å². The number of alkyl halides is 3. The summed E-state index contributed by atoms with van der Waals surface area (Å²) in [6.07, 6.45) is 3.87. The molecule has 0 radical (unpaired) electrons. The third kappa shape index (κ3) is 12.6. The molecule has 0 rings (SSSR count). The fourth-order valence-electron chi connectivity index (χ4n) is 2.90. The second-order valence-electron chi connectivity index (χ2n) is 8.56. The average Bonchev–Trinajstić information content (AvgIpc) is 2.61. The lowest BCUT2D eigenvalue weighted by atomic mass is 9.93. The molecule has 0 saturated carbocycles. The van der Waals surface area contributed by atoms with Crippen LogP contribution in [0.1, 0.15) is 98.8 Å². The largest absolute Gasteiger partial charge is 0.465 e. The van der Waals surface area contributed by atoms with Crippen LogP contribution in [0, 0.1) is 5.92 Å². The van der Waals surface area contributed by atoms with Gasteiger partial charge in [-0.1, -0.05) is 65.2 Å². The van der Waals surface area contributed by atoms with Gasteiger partial charge < -0.3 is 4.74 Å². The molecule has 0 unspecified atom stereocenters. The minimum atomic E-state index is -4.70. The molecule has 8 heteroatoms. The molecular formula is C21H40F3NO3S. The zero-order valence-corrected chi connectivity index (χ0v) is 19.5. The third-order valence-electron chi connectivity index (χ3n) is 4.67. The van der Waals surface area contributed by atoms with E-state index in [-0.39, 0.29) is 13.0 Å². The van der Waals surface area contributed by atoms with Crippen molar-refractivity contribution in [1.29, 1.82) is 0 Å². The first-order chi connectivity index (χ1) is 13.4. The zero-order chi connectivity index (χ0) is 22.5. The number of nitrogens with one attached hydrogen (secondary N) is 1. The topological polar surface area (TPSA) is 55.4 Å². The molecule has 174 valence electrons. The van der Waals surface area contributed by atoms with Crippen molar-refractivity contribution in [2.75, 3.05) is 6.61 Å². The highest BCUT2D eigenvalue weighted by Gasteiger charge is 2.49. The quantitative estimate of drug-likeness (QED) is 0.247. The van der Waals surface area contributed by atoms with E-state index in [1.165, 1.54) is 19.3 Å². The smallest absolute Gasteiger partial charge is 0.405 e. The van der Waals surface area contributed by atoms with Gasteiger partial charge in [0.25, 0.3) is 0 Å². The van der Waals surface area contributed by atoms with Crippen LogP contribution in [-0.2, 0) is 20.5 Å². The summed E-state index contributed by atoms with van der Waals surface area (Å²) in [6, 6.07) is -2.18. The summed E-state index contributed by atoms with van der Waals surface area (Å²) in [7, 11) is -1.95. The minimum Gasteiger partial charge on any atom is -0.465 e. The van der Waals surface area contributed by atoms with E-state index in [0.29, 0.717) is 12.8 Å². The molecule has 0 aromatic carbocycles. The molecule has 1 N–H and O–H groups in total. The Kier molecular flexibility index (Phi) is 14.1. The SMILES string of the molecule is CCCCCCCCCC[C@@H](C(=O)OCCC)[C@@H](N[S@](=O)C(C)(C)C)C(F)(F)F. The normalized spacial score (nSPS) is 15.7. The van der Waals surface area contributed by atoms with Crippen molar-refractivity contribution in [3.63, 3.8) is 0 Å². The highest BCUT2D eigenvalue weighted by Crippen LogP contribution is 2.31. The Hall–Kier alpha value is -0.630. The first kappa shape index (κ1) is 28.4. The highest BCUT2D eigenvalue weighted by molar-refractivity contribution is 7.84. The van der Waals surface area contributed by atoms with E-state index >= 15 is 0 Å². The molecule has 0 aliphatic rings. The lowest BCUT2D eigenvalue weighted by molar-refractivity contribution is -0.179. The molecule has 0 fully saturated rings. The second-order valence-corrected chi connectivity index (χ2v) is 10.6. The lowest BCUT2D eigenvalue weighted by Crippen LogP contribution is -2.53. The molecule has 0 aromatic heterocycles. The number of halogens is 3. The molecule has 0 heterocycles. The van der Waals surface area contributed by atoms with Gasteiger partial charge in [0.1, 0.15) is 6.04 Å². The van der Waals surface area contributed by atoms with Crippen LogP contribution in [0.4, 0.5) is 13.2 Å². The number of hydrogen-bond donors (Lipinski definition) is 1. The number of esters is 1. The molecule has 0 aliphatic heterocycles. The maximum absolute atomic E-state index is 13.7. The van der Waals surface area contributed by atoms with Crippen LogP contribution in [0.25, 0.3) is 0 Å². The second kappa shape index (κ2) is 14.4. The Morgan fingerprint density at radius 1 is 0.931 bits per heavy atom. The third-order valence-corrected chi connectivity index (χ3v) is 6.25. The van der Waals surface area contributed by atoms with E-state index in [4.69, 9.17) is 4.74 Å². The predicted molar refractivity (Wildman–Crippen MR) is 113 cm³/mol. The summed E-state index contributed by atoms with van der Waals surface area (Å²) in [5.41, 5.74) is 0. The summed E-state index contributed by atoms with van der Waals surface area (Å²) >= 11 is 0. The van der Waals surface area contributed by atoms with Gasteiger partial charge in [-0.05, 0) is 33.6 Å². The van der Waals surface area contributed by atoms with Gasteiger partial charge in [-0.3, -0.25) is 4.79 Å². The van der Waals surface area contributed by atoms with Crippen LogP contribution in [0.2, 0.25) is 0 Å². The van der Waals surface area contributed by atoms with Crippen LogP contribution in [0.5, 0.6) is 0 Å². The number of ether oxygens (including phenoxy) is 1. The van der Waals surface area contributed by atoms with E-state index in [0.717, 1.165) is 25.7 Å². The maximum Gasteiger partial charge on any atom is 0.405 e. The van der Waals surface area contributed by atoms with Gasteiger partial charge in [0.05, 0.1) is 28.3 Å². The molecule has 0 amide bonds. The minimum absolute atomic E-state index is 0.0655. The molecule has 4 nitrogen and oxygen atoms in total. The average molecular weight is 444 g/mol. The Morgan fingerprint density at radius 3 is 1.90 bits per heavy atom. The van der Waals surface area contributed by atoms with E-state index in [1.54, 1.807) is 27.7 Å². The van der Waals surface area contributed by atoms with E-state index in [9.17, 15) is 22.2 Å². The molecule has 0 aliphatic carbocycles. The Bertz CT molecular complexity index is 479. The van der Waals surface area contributed by atoms with Crippen LogP contribution in [-0.4, -0.2) is 33.8 Å². The first-order valence-electron chi connectivity index (χ1n) is 10.9. The molecule has 0 bridgehead atoms. The fourth-order valence-corrected chi connectivity index (χ4v) is 3.78. The summed E-state index contributed by atoms with van der Waals surface area (Å²) in [5, 5.41) is 0. The molecular weight excluding hydrogens is 403 g/mol. The van der Waals surface area contributed by atoms with Crippen LogP contribution in [0.15, 0.2) is 0 Å². The monoisotopic (exact) mass is 443 g/mol. The number of carbonyl (C=O) groups excluding carboxylic acids is 1. The van der Waals surface area contributed by atoms with Crippen molar-refractivity contribution in [1.82, 2.24) is 4.72 Å². The lowest BCUT2D eigenvalue weighted by Gasteiger charge is -2.30. The summed E-state index contributed by atoms with van der Waals surface area (Å²) in [4.78, 5) is 12.4. The highest BCUT2D eigenvalue weighted by atomic mass is 32.2. The van der Waals surface area contributed by atoms with Gasteiger partial charge in [-0.15, -0.1) is 0 Å². The number of hydrogen-bond acceptors (Lipinski definition) is 3. The van der Waals surface area contributed by atoms with Crippen molar-refractivity contribution in [3.8, 4) is 0 Å². The van der Waals surface area contributed by atoms with E-state index < -0.39 is 39.8 Å². The van der Waals surface area contributed by atoms with Crippen molar-refractivity contribution in [2.24, 2.45) is 5.92 Å². The van der Waals surface area contributed by atoms with E-state index in [2.05, 4.69) is 11.6 Å². The van der Waals surface area contributed by atoms with Crippen molar-refractivity contribution in [3.05, 3.63) is 0 Å². The molecule has 0 saturated heterocycles. The van der Waals surface area contributed by atoms with Crippen molar-refractivity contribution >= 4 is 17.0 Å². The number of rotatable bonds is 15. The summed E-state index contributed by atoms with van der Waals surface area (Å²) < 4.78 is 59.9. The Balaban J connectivity index is 5.03. The van der Waals surface area contributed by atoms with Crippen molar-refractivity contribution in [2.45, 2.75) is 116 Å². The van der Waals surface area contributed by atoms with Crippen LogP contribution >= 0.6 is 0 Å². The van der Waals surface area contributed by atoms with E-state index in [1.807, 2.05) is 0 Å². The molecule has 0 aromatic rings. The molecule has 3 atom stereocenters. The standard InChI is InChI=1S/C21H40F3NO3S/c1-6-8-9-10-11-12-13-14-15-17(19(26)28-16-7-2)18(21(22,23)24)25-29(27)20(3,4)5/h17-18,25H,6-16H2,1-5H3/t17-,18-,29-/m1/s1. The molecule has 29 heavy (non-hydrogen) atoms. The Morgan fingerprint density at radius 2 is 1.45 bits per heavy atom. The van der Waals surface area contributed by atoms with Gasteiger partial charge in [0, 0.05) is 0 Å². The van der Waals surface area contributed by atoms with Gasteiger partial charge in [-0.2, -0.15) is 13.2 Å². The zero-order valence-electron chi connectivity index (χ0n) is 18.7. The molecule has 0 spiro atoms. The summed E-state index contributed by atoms with van der Waals surface area (Å²) in [5.74, 6) is -2.26.